The molecule has 0 radical (unpaired) electrons. The summed E-state index contributed by atoms with van der Waals surface area (Å²) in [5.74, 6) is 0.450. The monoisotopic (exact) mass is 348 g/mol. The molecular formula is C17H20N2O4S. The van der Waals surface area contributed by atoms with Gasteiger partial charge in [0.2, 0.25) is 5.91 Å². The highest BCUT2D eigenvalue weighted by molar-refractivity contribution is 7.92. The summed E-state index contributed by atoms with van der Waals surface area (Å²) >= 11 is 0. The van der Waals surface area contributed by atoms with Crippen LogP contribution in [0, 0.1) is 0 Å². The molecule has 0 aliphatic heterocycles. The van der Waals surface area contributed by atoms with E-state index in [2.05, 4.69) is 5.32 Å². The van der Waals surface area contributed by atoms with Gasteiger partial charge in [-0.05, 0) is 55.5 Å². The van der Waals surface area contributed by atoms with E-state index in [1.807, 2.05) is 0 Å². The zero-order valence-electron chi connectivity index (χ0n) is 13.8. The first-order valence-electron chi connectivity index (χ1n) is 7.43. The number of carbonyl (C=O) groups is 1. The Morgan fingerprint density at radius 3 is 2.12 bits per heavy atom. The second kappa shape index (κ2) is 7.35. The molecular weight excluding hydrogens is 328 g/mol. The molecule has 0 aliphatic rings. The smallest absolute Gasteiger partial charge is 0.264 e. The standard InChI is InChI=1S/C17H20N2O4S/c1-4-19(15-7-9-16(23-3)10-8-15)24(21,22)17-11-5-14(6-12-17)18-13(2)20/h5-12H,4H2,1-3H3,(H,18,20). The molecule has 0 atom stereocenters. The summed E-state index contributed by atoms with van der Waals surface area (Å²) < 4.78 is 32.1. The van der Waals surface area contributed by atoms with Gasteiger partial charge in [-0.15, -0.1) is 0 Å². The third kappa shape index (κ3) is 3.86. The van der Waals surface area contributed by atoms with Crippen LogP contribution in [0.4, 0.5) is 11.4 Å². The van der Waals surface area contributed by atoms with Crippen LogP contribution in [0.3, 0.4) is 0 Å². The number of methoxy groups -OCH3 is 1. The van der Waals surface area contributed by atoms with Gasteiger partial charge in [-0.2, -0.15) is 0 Å². The molecule has 0 spiro atoms. The van der Waals surface area contributed by atoms with E-state index in [9.17, 15) is 13.2 Å². The molecule has 0 saturated heterocycles. The number of carbonyl (C=O) groups excluding carboxylic acids is 1. The summed E-state index contributed by atoms with van der Waals surface area (Å²) in [6.07, 6.45) is 0. The highest BCUT2D eigenvalue weighted by Gasteiger charge is 2.23. The van der Waals surface area contributed by atoms with Crippen molar-refractivity contribution in [3.05, 3.63) is 48.5 Å². The predicted octanol–water partition coefficient (Wildman–Crippen LogP) is 2.87. The highest BCUT2D eigenvalue weighted by Crippen LogP contribution is 2.26. The summed E-state index contributed by atoms with van der Waals surface area (Å²) in [4.78, 5) is 11.2. The van der Waals surface area contributed by atoms with E-state index < -0.39 is 10.0 Å². The third-order valence-electron chi connectivity index (χ3n) is 3.41. The Hall–Kier alpha value is -2.54. The second-order valence-corrected chi connectivity index (χ2v) is 6.94. The van der Waals surface area contributed by atoms with Crippen molar-refractivity contribution >= 4 is 27.3 Å². The fraction of sp³-hybridized carbons (Fsp3) is 0.235. The molecule has 0 saturated carbocycles. The Balaban J connectivity index is 2.33. The van der Waals surface area contributed by atoms with Gasteiger partial charge < -0.3 is 10.1 Å². The van der Waals surface area contributed by atoms with Gasteiger partial charge in [-0.1, -0.05) is 0 Å². The Labute approximate surface area is 142 Å². The zero-order valence-corrected chi connectivity index (χ0v) is 14.6. The van der Waals surface area contributed by atoms with Gasteiger partial charge >= 0.3 is 0 Å². The summed E-state index contributed by atoms with van der Waals surface area (Å²) in [7, 11) is -2.13. The molecule has 0 unspecified atom stereocenters. The molecule has 1 N–H and O–H groups in total. The fourth-order valence-corrected chi connectivity index (χ4v) is 3.75. The van der Waals surface area contributed by atoms with E-state index in [-0.39, 0.29) is 10.8 Å². The van der Waals surface area contributed by atoms with Crippen molar-refractivity contribution in [2.24, 2.45) is 0 Å². The van der Waals surface area contributed by atoms with Crippen LogP contribution in [0.5, 0.6) is 5.75 Å². The first-order valence-corrected chi connectivity index (χ1v) is 8.87. The first-order chi connectivity index (χ1) is 11.4. The van der Waals surface area contributed by atoms with Gasteiger partial charge in [0, 0.05) is 19.2 Å². The Morgan fingerprint density at radius 1 is 1.08 bits per heavy atom. The lowest BCUT2D eigenvalue weighted by molar-refractivity contribution is -0.114. The van der Waals surface area contributed by atoms with Crippen molar-refractivity contribution in [3.63, 3.8) is 0 Å². The van der Waals surface area contributed by atoms with E-state index >= 15 is 0 Å². The van der Waals surface area contributed by atoms with E-state index in [1.165, 1.54) is 23.4 Å². The lowest BCUT2D eigenvalue weighted by Crippen LogP contribution is -2.30. The minimum Gasteiger partial charge on any atom is -0.497 e. The molecule has 7 heteroatoms. The molecule has 0 fully saturated rings. The van der Waals surface area contributed by atoms with Crippen LogP contribution in [-0.2, 0) is 14.8 Å². The predicted molar refractivity (Wildman–Crippen MR) is 93.9 cm³/mol. The van der Waals surface area contributed by atoms with E-state index in [0.29, 0.717) is 23.7 Å². The van der Waals surface area contributed by atoms with Gasteiger partial charge in [-0.3, -0.25) is 9.10 Å². The number of benzene rings is 2. The van der Waals surface area contributed by atoms with Crippen molar-refractivity contribution in [2.45, 2.75) is 18.7 Å². The molecule has 0 aromatic heterocycles. The fourth-order valence-electron chi connectivity index (χ4n) is 2.28. The number of nitrogens with zero attached hydrogens (tertiary/aromatic N) is 1. The van der Waals surface area contributed by atoms with E-state index in [4.69, 9.17) is 4.74 Å². The van der Waals surface area contributed by atoms with Crippen LogP contribution < -0.4 is 14.4 Å². The summed E-state index contributed by atoms with van der Waals surface area (Å²) in [6.45, 7) is 3.46. The number of ether oxygens (including phenoxy) is 1. The molecule has 0 bridgehead atoms. The van der Waals surface area contributed by atoms with Gasteiger partial charge in [0.05, 0.1) is 17.7 Å². The van der Waals surface area contributed by atoms with Crippen LogP contribution in [0.2, 0.25) is 0 Å². The van der Waals surface area contributed by atoms with Gasteiger partial charge in [0.1, 0.15) is 5.75 Å². The molecule has 0 aliphatic carbocycles. The van der Waals surface area contributed by atoms with Crippen molar-refractivity contribution in [2.75, 3.05) is 23.3 Å². The Kier molecular flexibility index (Phi) is 5.46. The number of anilines is 2. The number of hydrogen-bond acceptors (Lipinski definition) is 4. The van der Waals surface area contributed by atoms with Crippen molar-refractivity contribution in [1.82, 2.24) is 0 Å². The van der Waals surface area contributed by atoms with Crippen LogP contribution in [0.1, 0.15) is 13.8 Å². The van der Waals surface area contributed by atoms with Gasteiger partial charge in [0.25, 0.3) is 10.0 Å². The number of hydrogen-bond donors (Lipinski definition) is 1. The lowest BCUT2D eigenvalue weighted by Gasteiger charge is -2.23. The second-order valence-electron chi connectivity index (χ2n) is 5.07. The quantitative estimate of drug-likeness (QED) is 0.871. The number of rotatable bonds is 6. The molecule has 2 aromatic carbocycles. The average molecular weight is 348 g/mol. The maximum Gasteiger partial charge on any atom is 0.264 e. The van der Waals surface area contributed by atoms with Crippen molar-refractivity contribution in [3.8, 4) is 5.75 Å². The molecule has 0 heterocycles. The Morgan fingerprint density at radius 2 is 1.67 bits per heavy atom. The molecule has 2 rings (SSSR count). The number of amides is 1. The van der Waals surface area contributed by atoms with Gasteiger partial charge in [-0.25, -0.2) is 8.42 Å². The summed E-state index contributed by atoms with van der Waals surface area (Å²) in [5, 5.41) is 2.61. The minimum absolute atomic E-state index is 0.161. The zero-order chi connectivity index (χ0) is 17.7. The SMILES string of the molecule is CCN(c1ccc(OC)cc1)S(=O)(=O)c1ccc(NC(C)=O)cc1. The number of nitrogens with one attached hydrogen (secondary N) is 1. The van der Waals surface area contributed by atoms with E-state index in [1.54, 1.807) is 50.4 Å². The summed E-state index contributed by atoms with van der Waals surface area (Å²) in [5.41, 5.74) is 1.11. The minimum atomic E-state index is -3.69. The molecule has 128 valence electrons. The van der Waals surface area contributed by atoms with Gasteiger partial charge in [0.15, 0.2) is 0 Å². The number of sulfonamides is 1. The maximum absolute atomic E-state index is 12.9. The molecule has 1 amide bonds. The largest absolute Gasteiger partial charge is 0.497 e. The lowest BCUT2D eigenvalue weighted by atomic mass is 10.3. The average Bonchev–Trinajstić information content (AvgIpc) is 2.56. The van der Waals surface area contributed by atoms with Crippen LogP contribution in [-0.4, -0.2) is 28.0 Å². The van der Waals surface area contributed by atoms with Crippen molar-refractivity contribution in [1.29, 1.82) is 0 Å². The first kappa shape index (κ1) is 17.8. The normalized spacial score (nSPS) is 11.0. The van der Waals surface area contributed by atoms with Crippen molar-refractivity contribution < 1.29 is 17.9 Å². The molecule has 24 heavy (non-hydrogen) atoms. The highest BCUT2D eigenvalue weighted by atomic mass is 32.2. The summed E-state index contributed by atoms with van der Waals surface area (Å²) in [6, 6.07) is 12.9. The van der Waals surface area contributed by atoms with Crippen LogP contribution in [0.15, 0.2) is 53.4 Å². The van der Waals surface area contributed by atoms with E-state index in [0.717, 1.165) is 0 Å². The van der Waals surface area contributed by atoms with Crippen LogP contribution >= 0.6 is 0 Å². The molecule has 6 nitrogen and oxygen atoms in total. The Bertz CT molecular complexity index is 799. The maximum atomic E-state index is 12.9. The molecule has 2 aromatic rings. The third-order valence-corrected chi connectivity index (χ3v) is 5.33. The van der Waals surface area contributed by atoms with Crippen LogP contribution in [0.25, 0.3) is 0 Å². The topological polar surface area (TPSA) is 75.7 Å².